The minimum atomic E-state index is -0.554. The molecule has 0 saturated carbocycles. The van der Waals surface area contributed by atoms with Gasteiger partial charge in [-0.05, 0) is 41.5 Å². The molecule has 3 N–H and O–H groups in total. The SMILES string of the molecule is N[C@@H](Cc1ccccc1)C[C@H](O)[C@@H](Cc1ccccc1)N(Cc1ccccc1)Cc1ccccc1. The van der Waals surface area contributed by atoms with E-state index in [1.54, 1.807) is 0 Å². The third-order valence-electron chi connectivity index (χ3n) is 6.54. The van der Waals surface area contributed by atoms with Gasteiger partial charge in [-0.1, -0.05) is 121 Å². The molecular weight excluding hydrogens is 428 g/mol. The quantitative estimate of drug-likeness (QED) is 0.286. The van der Waals surface area contributed by atoms with Crippen molar-refractivity contribution in [1.29, 1.82) is 0 Å². The third kappa shape index (κ3) is 7.90. The smallest absolute Gasteiger partial charge is 0.0713 e. The van der Waals surface area contributed by atoms with Crippen LogP contribution < -0.4 is 5.73 Å². The molecule has 35 heavy (non-hydrogen) atoms. The van der Waals surface area contributed by atoms with Gasteiger partial charge in [0.25, 0.3) is 0 Å². The fraction of sp³-hybridized carbons (Fsp3) is 0.250. The van der Waals surface area contributed by atoms with E-state index in [2.05, 4.69) is 89.8 Å². The van der Waals surface area contributed by atoms with Gasteiger partial charge in [0.15, 0.2) is 0 Å². The standard InChI is InChI=1S/C32H36N2O/c33-30(21-26-13-5-1-6-14-26)23-32(35)31(22-27-15-7-2-8-16-27)34(24-28-17-9-3-10-18-28)25-29-19-11-4-12-20-29/h1-20,30-32,35H,21-25,33H2/t30-,31+,32-/m0/s1. The summed E-state index contributed by atoms with van der Waals surface area (Å²) in [6, 6.07) is 41.6. The normalized spacial score (nSPS) is 13.9. The van der Waals surface area contributed by atoms with Crippen molar-refractivity contribution in [1.82, 2.24) is 4.90 Å². The molecule has 0 bridgehead atoms. The number of hydrogen-bond acceptors (Lipinski definition) is 3. The Bertz CT molecular complexity index is 1060. The second kappa shape index (κ2) is 13.0. The molecule has 0 unspecified atom stereocenters. The van der Waals surface area contributed by atoms with Gasteiger partial charge in [0.2, 0.25) is 0 Å². The zero-order chi connectivity index (χ0) is 24.3. The van der Waals surface area contributed by atoms with Crippen LogP contribution in [0.2, 0.25) is 0 Å². The maximum atomic E-state index is 11.6. The summed E-state index contributed by atoms with van der Waals surface area (Å²) in [6.45, 7) is 1.52. The fourth-order valence-corrected chi connectivity index (χ4v) is 4.76. The minimum absolute atomic E-state index is 0.0698. The van der Waals surface area contributed by atoms with E-state index < -0.39 is 6.10 Å². The predicted octanol–water partition coefficient (Wildman–Crippen LogP) is 5.62. The molecule has 4 aromatic rings. The van der Waals surface area contributed by atoms with Crippen molar-refractivity contribution in [2.75, 3.05) is 0 Å². The van der Waals surface area contributed by atoms with Crippen molar-refractivity contribution in [3.05, 3.63) is 144 Å². The van der Waals surface area contributed by atoms with Crippen LogP contribution in [0, 0.1) is 0 Å². The van der Waals surface area contributed by atoms with Crippen molar-refractivity contribution in [2.45, 2.75) is 50.5 Å². The zero-order valence-electron chi connectivity index (χ0n) is 20.3. The highest BCUT2D eigenvalue weighted by Gasteiger charge is 2.28. The summed E-state index contributed by atoms with van der Waals surface area (Å²) in [7, 11) is 0. The Hall–Kier alpha value is -3.24. The number of nitrogens with zero attached hydrogens (tertiary/aromatic N) is 1. The molecule has 0 spiro atoms. The van der Waals surface area contributed by atoms with E-state index in [1.807, 2.05) is 36.4 Å². The van der Waals surface area contributed by atoms with Crippen molar-refractivity contribution >= 4 is 0 Å². The molecule has 0 aromatic heterocycles. The first-order valence-electron chi connectivity index (χ1n) is 12.5. The lowest BCUT2D eigenvalue weighted by atomic mass is 9.92. The first kappa shape index (κ1) is 24.9. The topological polar surface area (TPSA) is 49.5 Å². The molecule has 3 nitrogen and oxygen atoms in total. The minimum Gasteiger partial charge on any atom is -0.391 e. The van der Waals surface area contributed by atoms with Crippen LogP contribution in [-0.2, 0) is 25.9 Å². The molecule has 0 amide bonds. The second-order valence-electron chi connectivity index (χ2n) is 9.39. The van der Waals surface area contributed by atoms with E-state index >= 15 is 0 Å². The van der Waals surface area contributed by atoms with Crippen molar-refractivity contribution in [3.63, 3.8) is 0 Å². The summed E-state index contributed by atoms with van der Waals surface area (Å²) >= 11 is 0. The monoisotopic (exact) mass is 464 g/mol. The van der Waals surface area contributed by atoms with Crippen LogP contribution in [-0.4, -0.2) is 28.2 Å². The average molecular weight is 465 g/mol. The number of aliphatic hydroxyl groups excluding tert-OH is 1. The Kier molecular flexibility index (Phi) is 9.24. The molecule has 4 aromatic carbocycles. The molecule has 4 rings (SSSR count). The predicted molar refractivity (Wildman–Crippen MR) is 145 cm³/mol. The first-order chi connectivity index (χ1) is 17.2. The Morgan fingerprint density at radius 3 is 1.34 bits per heavy atom. The van der Waals surface area contributed by atoms with Crippen LogP contribution in [0.1, 0.15) is 28.7 Å². The largest absolute Gasteiger partial charge is 0.391 e. The fourth-order valence-electron chi connectivity index (χ4n) is 4.76. The van der Waals surface area contributed by atoms with E-state index in [-0.39, 0.29) is 12.1 Å². The van der Waals surface area contributed by atoms with E-state index in [0.717, 1.165) is 25.9 Å². The molecule has 0 aliphatic heterocycles. The first-order valence-corrected chi connectivity index (χ1v) is 12.5. The molecule has 0 saturated heterocycles. The summed E-state index contributed by atoms with van der Waals surface area (Å²) in [5, 5.41) is 11.6. The number of nitrogens with two attached hydrogens (primary N) is 1. The third-order valence-corrected chi connectivity index (χ3v) is 6.54. The maximum Gasteiger partial charge on any atom is 0.0713 e. The van der Waals surface area contributed by atoms with Gasteiger partial charge in [0, 0.05) is 25.2 Å². The molecular formula is C32H36N2O. The molecule has 180 valence electrons. The highest BCUT2D eigenvalue weighted by atomic mass is 16.3. The van der Waals surface area contributed by atoms with Gasteiger partial charge in [-0.15, -0.1) is 0 Å². The molecule has 0 fully saturated rings. The lowest BCUT2D eigenvalue weighted by Gasteiger charge is -2.36. The van der Waals surface area contributed by atoms with Crippen LogP contribution in [0.5, 0.6) is 0 Å². The van der Waals surface area contributed by atoms with Crippen molar-refractivity contribution < 1.29 is 5.11 Å². The summed E-state index contributed by atoms with van der Waals surface area (Å²) < 4.78 is 0. The number of aliphatic hydroxyl groups is 1. The summed E-state index contributed by atoms with van der Waals surface area (Å²) in [5.41, 5.74) is 11.5. The maximum absolute atomic E-state index is 11.6. The van der Waals surface area contributed by atoms with Crippen LogP contribution in [0.4, 0.5) is 0 Å². The molecule has 0 radical (unpaired) electrons. The van der Waals surface area contributed by atoms with Gasteiger partial charge in [0.05, 0.1) is 6.10 Å². The number of hydrogen-bond donors (Lipinski definition) is 2. The Morgan fingerprint density at radius 1 is 0.543 bits per heavy atom. The lowest BCUT2D eigenvalue weighted by molar-refractivity contribution is 0.0301. The Labute approximate surface area is 209 Å². The molecule has 3 heteroatoms. The zero-order valence-corrected chi connectivity index (χ0v) is 20.3. The summed E-state index contributed by atoms with van der Waals surface area (Å²) in [4.78, 5) is 2.41. The number of rotatable bonds is 12. The van der Waals surface area contributed by atoms with Crippen molar-refractivity contribution in [2.24, 2.45) is 5.73 Å². The van der Waals surface area contributed by atoms with Gasteiger partial charge in [-0.25, -0.2) is 0 Å². The Morgan fingerprint density at radius 2 is 0.914 bits per heavy atom. The van der Waals surface area contributed by atoms with Gasteiger partial charge in [-0.3, -0.25) is 4.90 Å². The van der Waals surface area contributed by atoms with Gasteiger partial charge in [-0.2, -0.15) is 0 Å². The highest BCUT2D eigenvalue weighted by molar-refractivity contribution is 5.20. The van der Waals surface area contributed by atoms with E-state index in [9.17, 15) is 5.11 Å². The highest BCUT2D eigenvalue weighted by Crippen LogP contribution is 2.22. The van der Waals surface area contributed by atoms with E-state index in [1.165, 1.54) is 22.3 Å². The van der Waals surface area contributed by atoms with Gasteiger partial charge >= 0.3 is 0 Å². The summed E-state index contributed by atoms with van der Waals surface area (Å²) in [6.07, 6.45) is 1.51. The molecule has 3 atom stereocenters. The average Bonchev–Trinajstić information content (AvgIpc) is 2.89. The summed E-state index contributed by atoms with van der Waals surface area (Å²) in [5.74, 6) is 0. The number of benzene rings is 4. The Balaban J connectivity index is 1.58. The van der Waals surface area contributed by atoms with E-state index in [0.29, 0.717) is 6.42 Å². The van der Waals surface area contributed by atoms with Crippen molar-refractivity contribution in [3.8, 4) is 0 Å². The van der Waals surface area contributed by atoms with E-state index in [4.69, 9.17) is 5.73 Å². The molecule has 0 aliphatic carbocycles. The molecule has 0 aliphatic rings. The van der Waals surface area contributed by atoms with Crippen LogP contribution in [0.3, 0.4) is 0 Å². The van der Waals surface area contributed by atoms with Gasteiger partial charge < -0.3 is 10.8 Å². The lowest BCUT2D eigenvalue weighted by Crippen LogP contribution is -2.46. The van der Waals surface area contributed by atoms with Gasteiger partial charge in [0.1, 0.15) is 0 Å². The second-order valence-corrected chi connectivity index (χ2v) is 9.39. The van der Waals surface area contributed by atoms with Crippen LogP contribution in [0.15, 0.2) is 121 Å². The van der Waals surface area contributed by atoms with Crippen LogP contribution >= 0.6 is 0 Å². The van der Waals surface area contributed by atoms with Crippen LogP contribution in [0.25, 0.3) is 0 Å². The molecule has 0 heterocycles.